The lowest BCUT2D eigenvalue weighted by Crippen LogP contribution is -2.23. The molecule has 5 heteroatoms. The van der Waals surface area contributed by atoms with Gasteiger partial charge in [0.1, 0.15) is 5.82 Å². The quantitative estimate of drug-likeness (QED) is 0.835. The molecule has 1 aliphatic rings. The number of fused-ring (bicyclic) bond motifs is 1. The zero-order valence-corrected chi connectivity index (χ0v) is 9.85. The van der Waals surface area contributed by atoms with E-state index in [0.29, 0.717) is 12.1 Å². The van der Waals surface area contributed by atoms with Crippen molar-refractivity contribution < 1.29 is 9.18 Å². The minimum absolute atomic E-state index is 0.0528. The zero-order chi connectivity index (χ0) is 12.7. The monoisotopic (exact) mass is 245 g/mol. The van der Waals surface area contributed by atoms with Gasteiger partial charge in [-0.2, -0.15) is 5.10 Å². The number of hydrogen-bond acceptors (Lipinski definition) is 2. The van der Waals surface area contributed by atoms with Crippen LogP contribution in [0.25, 0.3) is 0 Å². The highest BCUT2D eigenvalue weighted by Crippen LogP contribution is 2.37. The molecule has 0 saturated carbocycles. The van der Waals surface area contributed by atoms with Crippen molar-refractivity contribution in [2.24, 2.45) is 7.05 Å². The lowest BCUT2D eigenvalue weighted by molar-refractivity contribution is -0.116. The van der Waals surface area contributed by atoms with Gasteiger partial charge in [0, 0.05) is 31.3 Å². The van der Waals surface area contributed by atoms with E-state index in [4.69, 9.17) is 0 Å². The molecule has 0 saturated heterocycles. The van der Waals surface area contributed by atoms with Gasteiger partial charge >= 0.3 is 0 Å². The Morgan fingerprint density at radius 3 is 3.06 bits per heavy atom. The number of hydrogen-bond donors (Lipinski definition) is 1. The summed E-state index contributed by atoms with van der Waals surface area (Å²) in [6.07, 6.45) is 3.90. The Morgan fingerprint density at radius 1 is 1.50 bits per heavy atom. The van der Waals surface area contributed by atoms with Crippen molar-refractivity contribution in [2.75, 3.05) is 5.32 Å². The molecule has 1 aliphatic heterocycles. The summed E-state index contributed by atoms with van der Waals surface area (Å²) >= 11 is 0. The van der Waals surface area contributed by atoms with Crippen molar-refractivity contribution in [1.29, 1.82) is 0 Å². The first-order valence-corrected chi connectivity index (χ1v) is 5.71. The number of amides is 1. The van der Waals surface area contributed by atoms with Crippen molar-refractivity contribution in [3.63, 3.8) is 0 Å². The molecule has 1 unspecified atom stereocenters. The summed E-state index contributed by atoms with van der Waals surface area (Å²) in [5.41, 5.74) is 2.42. The molecule has 0 bridgehead atoms. The molecule has 18 heavy (non-hydrogen) atoms. The molecule has 0 aliphatic carbocycles. The fourth-order valence-electron chi connectivity index (χ4n) is 2.35. The molecule has 1 atom stereocenters. The second kappa shape index (κ2) is 3.94. The summed E-state index contributed by atoms with van der Waals surface area (Å²) in [6.45, 7) is 0. The number of rotatable bonds is 1. The lowest BCUT2D eigenvalue weighted by Gasteiger charge is -2.24. The van der Waals surface area contributed by atoms with Crippen molar-refractivity contribution >= 4 is 11.6 Å². The van der Waals surface area contributed by atoms with Crippen molar-refractivity contribution in [2.45, 2.75) is 12.3 Å². The first-order chi connectivity index (χ1) is 8.63. The fraction of sp³-hybridized carbons (Fsp3) is 0.231. The molecule has 1 aromatic carbocycles. The van der Waals surface area contributed by atoms with Crippen LogP contribution in [-0.4, -0.2) is 15.7 Å². The average molecular weight is 245 g/mol. The van der Waals surface area contributed by atoms with Crippen molar-refractivity contribution in [3.8, 4) is 0 Å². The van der Waals surface area contributed by atoms with Crippen molar-refractivity contribution in [3.05, 3.63) is 47.5 Å². The Balaban J connectivity index is 2.11. The Kier molecular flexibility index (Phi) is 2.40. The highest BCUT2D eigenvalue weighted by molar-refractivity contribution is 5.95. The molecule has 4 nitrogen and oxygen atoms in total. The van der Waals surface area contributed by atoms with E-state index in [1.807, 2.05) is 13.2 Å². The fourth-order valence-corrected chi connectivity index (χ4v) is 2.35. The number of carbonyl (C=O) groups is 1. The van der Waals surface area contributed by atoms with E-state index in [1.165, 1.54) is 12.1 Å². The molecule has 92 valence electrons. The molecule has 1 amide bonds. The number of aromatic nitrogens is 2. The molecule has 0 radical (unpaired) electrons. The summed E-state index contributed by atoms with van der Waals surface area (Å²) in [6, 6.07) is 4.43. The number of carbonyl (C=O) groups excluding carboxylic acids is 1. The van der Waals surface area contributed by atoms with Gasteiger partial charge in [0.15, 0.2) is 0 Å². The van der Waals surface area contributed by atoms with Gasteiger partial charge in [-0.25, -0.2) is 4.39 Å². The minimum Gasteiger partial charge on any atom is -0.326 e. The Hall–Kier alpha value is -2.17. The summed E-state index contributed by atoms with van der Waals surface area (Å²) < 4.78 is 15.0. The number of benzene rings is 1. The maximum Gasteiger partial charge on any atom is 0.225 e. The molecule has 2 aromatic rings. The molecule has 2 heterocycles. The predicted octanol–water partition coefficient (Wildman–Crippen LogP) is 2.03. The van der Waals surface area contributed by atoms with Gasteiger partial charge in [0.2, 0.25) is 5.91 Å². The molecular weight excluding hydrogens is 233 g/mol. The van der Waals surface area contributed by atoms with Gasteiger partial charge in [-0.3, -0.25) is 9.48 Å². The van der Waals surface area contributed by atoms with Crippen LogP contribution in [0.5, 0.6) is 0 Å². The lowest BCUT2D eigenvalue weighted by atomic mass is 9.86. The molecule has 1 aromatic heterocycles. The number of nitrogens with one attached hydrogen (secondary N) is 1. The largest absolute Gasteiger partial charge is 0.326 e. The SMILES string of the molecule is Cn1cc(C2CC(=O)Nc3ccc(F)cc32)cn1. The van der Waals surface area contributed by atoms with Crippen molar-refractivity contribution in [1.82, 2.24) is 9.78 Å². The average Bonchev–Trinajstić information content (AvgIpc) is 2.75. The van der Waals surface area contributed by atoms with Crippen LogP contribution < -0.4 is 5.32 Å². The van der Waals surface area contributed by atoms with Crippen LogP contribution in [0.2, 0.25) is 0 Å². The third-order valence-corrected chi connectivity index (χ3v) is 3.18. The minimum atomic E-state index is -0.293. The van der Waals surface area contributed by atoms with Crippen LogP contribution in [0, 0.1) is 5.82 Å². The van der Waals surface area contributed by atoms with Crippen LogP contribution in [0.3, 0.4) is 0 Å². The van der Waals surface area contributed by atoms with Gasteiger partial charge in [0.25, 0.3) is 0 Å². The third kappa shape index (κ3) is 1.77. The van der Waals surface area contributed by atoms with E-state index in [0.717, 1.165) is 11.1 Å². The van der Waals surface area contributed by atoms with E-state index in [1.54, 1.807) is 16.9 Å². The van der Waals surface area contributed by atoms with Gasteiger partial charge in [-0.1, -0.05) is 0 Å². The normalized spacial score (nSPS) is 18.3. The maximum absolute atomic E-state index is 13.4. The number of aryl methyl sites for hydroxylation is 1. The topological polar surface area (TPSA) is 46.9 Å². The summed E-state index contributed by atoms with van der Waals surface area (Å²) in [4.78, 5) is 11.7. The Labute approximate surface area is 103 Å². The van der Waals surface area contributed by atoms with Crippen LogP contribution >= 0.6 is 0 Å². The highest BCUT2D eigenvalue weighted by atomic mass is 19.1. The van der Waals surface area contributed by atoms with Crippen LogP contribution in [-0.2, 0) is 11.8 Å². The first-order valence-electron chi connectivity index (χ1n) is 5.71. The zero-order valence-electron chi connectivity index (χ0n) is 9.85. The van der Waals surface area contributed by atoms with Gasteiger partial charge in [-0.15, -0.1) is 0 Å². The third-order valence-electron chi connectivity index (χ3n) is 3.18. The second-order valence-corrected chi connectivity index (χ2v) is 4.48. The predicted molar refractivity (Wildman–Crippen MR) is 64.7 cm³/mol. The Bertz CT molecular complexity index is 620. The second-order valence-electron chi connectivity index (χ2n) is 4.48. The van der Waals surface area contributed by atoms with Crippen LogP contribution in [0.15, 0.2) is 30.6 Å². The number of nitrogens with zero attached hydrogens (tertiary/aromatic N) is 2. The molecular formula is C13H12FN3O. The highest BCUT2D eigenvalue weighted by Gasteiger charge is 2.27. The van der Waals surface area contributed by atoms with E-state index in [9.17, 15) is 9.18 Å². The van der Waals surface area contributed by atoms with E-state index in [-0.39, 0.29) is 17.6 Å². The van der Waals surface area contributed by atoms with E-state index >= 15 is 0 Å². The van der Waals surface area contributed by atoms with Gasteiger partial charge < -0.3 is 5.32 Å². The van der Waals surface area contributed by atoms with Gasteiger partial charge in [-0.05, 0) is 29.3 Å². The summed E-state index contributed by atoms with van der Waals surface area (Å²) in [5.74, 6) is -0.472. The number of anilines is 1. The first kappa shape index (κ1) is 11.0. The summed E-state index contributed by atoms with van der Waals surface area (Å²) in [5, 5.41) is 6.86. The molecule has 1 N–H and O–H groups in total. The van der Waals surface area contributed by atoms with Gasteiger partial charge in [0.05, 0.1) is 6.20 Å². The summed E-state index contributed by atoms with van der Waals surface area (Å²) in [7, 11) is 1.82. The Morgan fingerprint density at radius 2 is 2.33 bits per heavy atom. The van der Waals surface area contributed by atoms with Crippen LogP contribution in [0.4, 0.5) is 10.1 Å². The number of halogens is 1. The van der Waals surface area contributed by atoms with Crippen LogP contribution in [0.1, 0.15) is 23.5 Å². The van der Waals surface area contributed by atoms with E-state index < -0.39 is 0 Å². The molecule has 0 fully saturated rings. The standard InChI is InChI=1S/C13H12FN3O/c1-17-7-8(6-15-17)10-5-13(18)16-12-3-2-9(14)4-11(10)12/h2-4,6-7,10H,5H2,1H3,(H,16,18). The van der Waals surface area contributed by atoms with E-state index in [2.05, 4.69) is 10.4 Å². The smallest absolute Gasteiger partial charge is 0.225 e. The maximum atomic E-state index is 13.4. The molecule has 3 rings (SSSR count). The molecule has 0 spiro atoms.